The average molecular weight is 264 g/mol. The highest BCUT2D eigenvalue weighted by Gasteiger charge is 2.08. The molecule has 2 rings (SSSR count). The number of nitrogens with one attached hydrogen (secondary N) is 1. The van der Waals surface area contributed by atoms with Gasteiger partial charge >= 0.3 is 0 Å². The van der Waals surface area contributed by atoms with Gasteiger partial charge < -0.3 is 9.88 Å². The van der Waals surface area contributed by atoms with Gasteiger partial charge in [0.1, 0.15) is 0 Å². The Morgan fingerprint density at radius 3 is 2.83 bits per heavy atom. The predicted octanol–water partition coefficient (Wildman–Crippen LogP) is 2.03. The van der Waals surface area contributed by atoms with Crippen molar-refractivity contribution in [3.05, 3.63) is 36.0 Å². The largest absolute Gasteiger partial charge is 0.350 e. The van der Waals surface area contributed by atoms with E-state index in [4.69, 9.17) is 0 Å². The first-order valence-corrected chi connectivity index (χ1v) is 7.77. The number of hydrogen-bond acceptors (Lipinski definition) is 2. The van der Waals surface area contributed by atoms with Gasteiger partial charge in [0.05, 0.1) is 0 Å². The number of rotatable bonds is 5. The van der Waals surface area contributed by atoms with Crippen molar-refractivity contribution < 1.29 is 4.21 Å². The first-order valence-electron chi connectivity index (χ1n) is 6.15. The van der Waals surface area contributed by atoms with Gasteiger partial charge in [0.25, 0.3) is 0 Å². The maximum atomic E-state index is 11.3. The van der Waals surface area contributed by atoms with Crippen molar-refractivity contribution in [1.29, 1.82) is 0 Å². The standard InChI is InChI=1S/C14H20N2OS/c1-11(18(3)17)8-15-9-12-10-16(2)14-7-5-4-6-13(12)14/h4-7,10-11,15H,8-9H2,1-3H3. The lowest BCUT2D eigenvalue weighted by molar-refractivity contribution is 0.647. The van der Waals surface area contributed by atoms with Crippen LogP contribution in [-0.4, -0.2) is 26.8 Å². The topological polar surface area (TPSA) is 34.0 Å². The number of aryl methyl sites for hydroxylation is 1. The van der Waals surface area contributed by atoms with Gasteiger partial charge in [0, 0.05) is 59.5 Å². The van der Waals surface area contributed by atoms with E-state index in [2.05, 4.69) is 47.4 Å². The van der Waals surface area contributed by atoms with Crippen LogP contribution in [0, 0.1) is 0 Å². The Hall–Kier alpha value is -1.13. The van der Waals surface area contributed by atoms with Gasteiger partial charge in [-0.15, -0.1) is 0 Å². The second-order valence-electron chi connectivity index (χ2n) is 4.72. The second-order valence-corrected chi connectivity index (χ2v) is 6.52. The summed E-state index contributed by atoms with van der Waals surface area (Å²) in [7, 11) is 1.31. The Kier molecular flexibility index (Phi) is 4.19. The van der Waals surface area contributed by atoms with Crippen LogP contribution in [0.2, 0.25) is 0 Å². The molecule has 0 fully saturated rings. The van der Waals surface area contributed by atoms with E-state index >= 15 is 0 Å². The highest BCUT2D eigenvalue weighted by molar-refractivity contribution is 7.84. The number of hydrogen-bond donors (Lipinski definition) is 1. The molecule has 2 aromatic rings. The van der Waals surface area contributed by atoms with Gasteiger partial charge in [-0.25, -0.2) is 0 Å². The van der Waals surface area contributed by atoms with Crippen LogP contribution < -0.4 is 5.32 Å². The van der Waals surface area contributed by atoms with Gasteiger partial charge in [0.15, 0.2) is 0 Å². The summed E-state index contributed by atoms with van der Waals surface area (Å²) in [4.78, 5) is 0. The van der Waals surface area contributed by atoms with Gasteiger partial charge in [-0.3, -0.25) is 4.21 Å². The maximum Gasteiger partial charge on any atom is 0.0481 e. The van der Waals surface area contributed by atoms with Gasteiger partial charge in [-0.2, -0.15) is 0 Å². The monoisotopic (exact) mass is 264 g/mol. The van der Waals surface area contributed by atoms with Crippen molar-refractivity contribution in [2.75, 3.05) is 12.8 Å². The van der Waals surface area contributed by atoms with Crippen LogP contribution in [0.5, 0.6) is 0 Å². The van der Waals surface area contributed by atoms with Crippen LogP contribution in [0.15, 0.2) is 30.5 Å². The van der Waals surface area contributed by atoms with Crippen molar-refractivity contribution >= 4 is 21.7 Å². The maximum absolute atomic E-state index is 11.3. The van der Waals surface area contributed by atoms with Crippen molar-refractivity contribution in [2.24, 2.45) is 7.05 Å². The van der Waals surface area contributed by atoms with E-state index < -0.39 is 10.8 Å². The summed E-state index contributed by atoms with van der Waals surface area (Å²) in [5.41, 5.74) is 2.55. The molecule has 1 heterocycles. The first kappa shape index (κ1) is 13.3. The van der Waals surface area contributed by atoms with E-state index in [0.717, 1.165) is 13.1 Å². The molecule has 0 bridgehead atoms. The van der Waals surface area contributed by atoms with Crippen LogP contribution in [0.3, 0.4) is 0 Å². The van der Waals surface area contributed by atoms with Crippen molar-refractivity contribution in [1.82, 2.24) is 9.88 Å². The van der Waals surface area contributed by atoms with E-state index in [1.807, 2.05) is 6.92 Å². The van der Waals surface area contributed by atoms with Gasteiger partial charge in [-0.1, -0.05) is 18.2 Å². The number of para-hydroxylation sites is 1. The smallest absolute Gasteiger partial charge is 0.0481 e. The van der Waals surface area contributed by atoms with Crippen LogP contribution in [0.25, 0.3) is 10.9 Å². The third-order valence-electron chi connectivity index (χ3n) is 3.29. The molecular formula is C14H20N2OS. The summed E-state index contributed by atoms with van der Waals surface area (Å²) in [6, 6.07) is 8.40. The van der Waals surface area contributed by atoms with E-state index in [9.17, 15) is 4.21 Å². The molecule has 18 heavy (non-hydrogen) atoms. The molecule has 0 aliphatic rings. The average Bonchev–Trinajstić information content (AvgIpc) is 2.67. The molecule has 0 saturated heterocycles. The molecule has 0 aliphatic heterocycles. The van der Waals surface area contributed by atoms with Crippen LogP contribution in [0.1, 0.15) is 12.5 Å². The third-order valence-corrected chi connectivity index (χ3v) is 4.59. The lowest BCUT2D eigenvalue weighted by atomic mass is 10.2. The normalized spacial score (nSPS) is 14.8. The quantitative estimate of drug-likeness (QED) is 0.896. The number of benzene rings is 1. The molecule has 2 atom stereocenters. The second kappa shape index (κ2) is 5.67. The molecule has 0 aliphatic carbocycles. The Balaban J connectivity index is 2.06. The summed E-state index contributed by atoms with van der Waals surface area (Å²) >= 11 is 0. The Morgan fingerprint density at radius 1 is 1.39 bits per heavy atom. The Morgan fingerprint density at radius 2 is 2.11 bits per heavy atom. The minimum atomic E-state index is -0.758. The molecule has 1 aromatic carbocycles. The molecule has 0 radical (unpaired) electrons. The molecule has 98 valence electrons. The summed E-state index contributed by atoms with van der Waals surface area (Å²) in [5, 5.41) is 4.87. The lowest BCUT2D eigenvalue weighted by Crippen LogP contribution is -2.27. The molecule has 1 aromatic heterocycles. The zero-order valence-corrected chi connectivity index (χ0v) is 12.0. The molecule has 1 N–H and O–H groups in total. The summed E-state index contributed by atoms with van der Waals surface area (Å²) in [5.74, 6) is 0. The van der Waals surface area contributed by atoms with Crippen molar-refractivity contribution in [3.63, 3.8) is 0 Å². The fourth-order valence-corrected chi connectivity index (χ4v) is 2.45. The third kappa shape index (κ3) is 2.82. The lowest BCUT2D eigenvalue weighted by Gasteiger charge is -2.09. The van der Waals surface area contributed by atoms with Gasteiger partial charge in [0.2, 0.25) is 0 Å². The molecule has 2 unspecified atom stereocenters. The molecule has 3 nitrogen and oxygen atoms in total. The highest BCUT2D eigenvalue weighted by atomic mass is 32.2. The molecule has 4 heteroatoms. The number of nitrogens with zero attached hydrogens (tertiary/aromatic N) is 1. The molecule has 0 spiro atoms. The van der Waals surface area contributed by atoms with Crippen LogP contribution in [-0.2, 0) is 24.4 Å². The van der Waals surface area contributed by atoms with E-state index in [0.29, 0.717) is 0 Å². The van der Waals surface area contributed by atoms with Crippen molar-refractivity contribution in [2.45, 2.75) is 18.7 Å². The molecule has 0 amide bonds. The zero-order chi connectivity index (χ0) is 13.1. The van der Waals surface area contributed by atoms with Crippen LogP contribution in [0.4, 0.5) is 0 Å². The van der Waals surface area contributed by atoms with E-state index in [1.54, 1.807) is 6.26 Å². The summed E-state index contributed by atoms with van der Waals surface area (Å²) in [6.45, 7) is 3.61. The number of fused-ring (bicyclic) bond motifs is 1. The zero-order valence-electron chi connectivity index (χ0n) is 11.1. The van der Waals surface area contributed by atoms with E-state index in [1.165, 1.54) is 16.5 Å². The van der Waals surface area contributed by atoms with Crippen LogP contribution >= 0.6 is 0 Å². The molecule has 0 saturated carbocycles. The van der Waals surface area contributed by atoms with Crippen molar-refractivity contribution in [3.8, 4) is 0 Å². The minimum Gasteiger partial charge on any atom is -0.350 e. The summed E-state index contributed by atoms with van der Waals surface area (Å²) < 4.78 is 13.4. The fourth-order valence-electron chi connectivity index (χ4n) is 2.09. The highest BCUT2D eigenvalue weighted by Crippen LogP contribution is 2.19. The first-order chi connectivity index (χ1) is 8.59. The molecular weight excluding hydrogens is 244 g/mol. The minimum absolute atomic E-state index is 0.194. The Bertz CT molecular complexity index is 562. The SMILES string of the molecule is CC(CNCc1cn(C)c2ccccc12)S(C)=O. The fraction of sp³-hybridized carbons (Fsp3) is 0.429. The Labute approximate surface area is 111 Å². The number of aromatic nitrogens is 1. The predicted molar refractivity (Wildman–Crippen MR) is 78.2 cm³/mol. The van der Waals surface area contributed by atoms with Gasteiger partial charge in [-0.05, 0) is 18.6 Å². The van der Waals surface area contributed by atoms with E-state index in [-0.39, 0.29) is 5.25 Å². The summed E-state index contributed by atoms with van der Waals surface area (Å²) in [6.07, 6.45) is 3.91.